The van der Waals surface area contributed by atoms with Crippen LogP contribution in [-0.2, 0) is 9.53 Å². The molecule has 11 heteroatoms. The minimum absolute atomic E-state index is 0.0524. The Morgan fingerprint density at radius 1 is 1.06 bits per heavy atom. The molecule has 0 spiro atoms. The first kappa shape index (κ1) is 37.3. The summed E-state index contributed by atoms with van der Waals surface area (Å²) in [6.45, 7) is 13.6. The molecular weight excluding hydrogens is 677 g/mol. The van der Waals surface area contributed by atoms with E-state index < -0.39 is 16.7 Å². The first-order valence-corrected chi connectivity index (χ1v) is 19.5. The van der Waals surface area contributed by atoms with Crippen LogP contribution >= 0.6 is 0 Å². The molecule has 1 saturated heterocycles. The quantitative estimate of drug-likeness (QED) is 0.216. The number of pyridine rings is 2. The van der Waals surface area contributed by atoms with E-state index in [0.717, 1.165) is 84.8 Å². The number of fused-ring (bicyclic) bond motifs is 1. The second-order valence-corrected chi connectivity index (χ2v) is 17.0. The van der Waals surface area contributed by atoms with Crippen molar-refractivity contribution >= 4 is 35.0 Å². The standard InChI is InChI=1S/C43H56N8O3/c1-28(2)46-38(52)29-18-25-50(26-19-29)32-12-8-11-30(27-32)34-14-15-35-37(47-34)51(39(49(35)7)33-13-9-24-45-36(33)44)42(6)22-16-31(17-23-42)43(20-10-21-43)48-40(53)54-41(3,4)5/h8-9,11-17,22,24,27-29,39H,10,18-21,23,25-26H2,1-7H3,(H2,44,45)(H,46,52)(H,48,53). The fourth-order valence-electron chi connectivity index (χ4n) is 8.43. The van der Waals surface area contributed by atoms with Gasteiger partial charge in [-0.05, 0) is 122 Å². The van der Waals surface area contributed by atoms with E-state index in [4.69, 9.17) is 15.5 Å². The van der Waals surface area contributed by atoms with Gasteiger partial charge in [0.1, 0.15) is 17.6 Å². The SMILES string of the molecule is CC(C)NC(=O)C1CCN(c2cccc(-c3ccc4c(n3)N(C3(C)C=CC(C5(NC(=O)OC(C)(C)C)CCC5)=CC3)C(c3cccnc3N)N4C)c2)CC1. The van der Waals surface area contributed by atoms with Gasteiger partial charge >= 0.3 is 6.09 Å². The van der Waals surface area contributed by atoms with Crippen LogP contribution in [0.4, 0.5) is 27.8 Å². The van der Waals surface area contributed by atoms with Crippen LogP contribution in [0.2, 0.25) is 0 Å². The van der Waals surface area contributed by atoms with Crippen molar-refractivity contribution in [1.82, 2.24) is 20.6 Å². The number of alkyl carbamates (subject to hydrolysis) is 1. The van der Waals surface area contributed by atoms with Gasteiger partial charge in [-0.15, -0.1) is 0 Å². The Bertz CT molecular complexity index is 1960. The van der Waals surface area contributed by atoms with Crippen molar-refractivity contribution < 1.29 is 14.3 Å². The smallest absolute Gasteiger partial charge is 0.408 e. The normalized spacial score (nSPS) is 22.4. The van der Waals surface area contributed by atoms with Crippen LogP contribution in [0.25, 0.3) is 11.3 Å². The van der Waals surface area contributed by atoms with Crippen molar-refractivity contribution in [1.29, 1.82) is 0 Å². The van der Waals surface area contributed by atoms with Crippen molar-refractivity contribution in [2.75, 3.05) is 40.6 Å². The van der Waals surface area contributed by atoms with Crippen LogP contribution in [0.1, 0.15) is 91.8 Å². The zero-order valence-electron chi connectivity index (χ0n) is 32.9. The summed E-state index contributed by atoms with van der Waals surface area (Å²) in [6, 6.07) is 17.0. The monoisotopic (exact) mass is 732 g/mol. The van der Waals surface area contributed by atoms with E-state index in [9.17, 15) is 9.59 Å². The van der Waals surface area contributed by atoms with E-state index >= 15 is 0 Å². The van der Waals surface area contributed by atoms with E-state index in [1.54, 1.807) is 6.20 Å². The molecule has 4 aliphatic rings. The Hall–Kier alpha value is -5.06. The third-order valence-corrected chi connectivity index (χ3v) is 11.4. The molecule has 286 valence electrons. The van der Waals surface area contributed by atoms with Crippen LogP contribution in [0.3, 0.4) is 0 Å². The Morgan fingerprint density at radius 2 is 1.81 bits per heavy atom. The summed E-state index contributed by atoms with van der Waals surface area (Å²) in [5.74, 6) is 1.58. The summed E-state index contributed by atoms with van der Waals surface area (Å²) in [5.41, 5.74) is 11.2. The molecule has 1 aromatic carbocycles. The van der Waals surface area contributed by atoms with Crippen molar-refractivity contribution in [3.8, 4) is 11.3 Å². The number of nitrogen functional groups attached to an aromatic ring is 1. The van der Waals surface area contributed by atoms with Gasteiger partial charge in [0.25, 0.3) is 0 Å². The number of carbonyl (C=O) groups excluding carboxylic acids is 2. The van der Waals surface area contributed by atoms with Gasteiger partial charge in [0.2, 0.25) is 5.91 Å². The van der Waals surface area contributed by atoms with Gasteiger partial charge in [-0.1, -0.05) is 30.4 Å². The summed E-state index contributed by atoms with van der Waals surface area (Å²) < 4.78 is 5.66. The highest BCUT2D eigenvalue weighted by Gasteiger charge is 2.48. The number of nitrogens with two attached hydrogens (primary N) is 1. The molecule has 4 heterocycles. The van der Waals surface area contributed by atoms with E-state index in [1.807, 2.05) is 46.8 Å². The summed E-state index contributed by atoms with van der Waals surface area (Å²) in [5, 5.41) is 6.31. The summed E-state index contributed by atoms with van der Waals surface area (Å²) in [6.07, 6.45) is 13.0. The molecule has 0 bridgehead atoms. The number of nitrogens with one attached hydrogen (secondary N) is 2. The second-order valence-electron chi connectivity index (χ2n) is 17.0. The molecule has 2 atom stereocenters. The molecule has 11 nitrogen and oxygen atoms in total. The predicted molar refractivity (Wildman–Crippen MR) is 216 cm³/mol. The van der Waals surface area contributed by atoms with Gasteiger partial charge in [0.05, 0.1) is 22.5 Å². The first-order chi connectivity index (χ1) is 25.7. The molecule has 2 aliphatic heterocycles. The van der Waals surface area contributed by atoms with Crippen molar-refractivity contribution in [3.63, 3.8) is 0 Å². The number of carbonyl (C=O) groups is 2. The molecule has 2 aromatic heterocycles. The fourth-order valence-corrected chi connectivity index (χ4v) is 8.43. The third kappa shape index (κ3) is 7.24. The molecule has 54 heavy (non-hydrogen) atoms. The lowest BCUT2D eigenvalue weighted by Gasteiger charge is -2.48. The summed E-state index contributed by atoms with van der Waals surface area (Å²) in [7, 11) is 2.09. The van der Waals surface area contributed by atoms with Crippen molar-refractivity contribution in [2.45, 2.75) is 109 Å². The minimum atomic E-state index is -0.570. The molecule has 1 saturated carbocycles. The van der Waals surface area contributed by atoms with Gasteiger partial charge in [0.15, 0.2) is 5.82 Å². The summed E-state index contributed by atoms with van der Waals surface area (Å²) >= 11 is 0. The van der Waals surface area contributed by atoms with Crippen LogP contribution in [0.5, 0.6) is 0 Å². The van der Waals surface area contributed by atoms with E-state index in [0.29, 0.717) is 12.2 Å². The second kappa shape index (κ2) is 14.3. The largest absolute Gasteiger partial charge is 0.444 e. The molecule has 3 aromatic rings. The maximum Gasteiger partial charge on any atom is 0.408 e. The van der Waals surface area contributed by atoms with Gasteiger partial charge in [0, 0.05) is 55.1 Å². The highest BCUT2D eigenvalue weighted by atomic mass is 16.6. The average molecular weight is 733 g/mol. The van der Waals surface area contributed by atoms with Crippen molar-refractivity contribution in [3.05, 3.63) is 84.1 Å². The highest BCUT2D eigenvalue weighted by molar-refractivity contribution is 5.81. The molecule has 2 unspecified atom stereocenters. The third-order valence-electron chi connectivity index (χ3n) is 11.4. The first-order valence-electron chi connectivity index (χ1n) is 19.5. The molecular formula is C43H56N8O3. The molecule has 4 N–H and O–H groups in total. The number of amides is 2. The lowest BCUT2D eigenvalue weighted by atomic mass is 9.69. The van der Waals surface area contributed by atoms with Gasteiger partial charge in [-0.3, -0.25) is 4.79 Å². The zero-order valence-corrected chi connectivity index (χ0v) is 32.9. The Kier molecular flexibility index (Phi) is 9.87. The highest BCUT2D eigenvalue weighted by Crippen LogP contribution is 2.52. The lowest BCUT2D eigenvalue weighted by Crippen LogP contribution is -2.56. The maximum atomic E-state index is 12.9. The number of anilines is 4. The average Bonchev–Trinajstić information content (AvgIpc) is 3.41. The zero-order chi connectivity index (χ0) is 38.4. The molecule has 2 fully saturated rings. The Morgan fingerprint density at radius 3 is 2.44 bits per heavy atom. The Balaban J connectivity index is 1.18. The summed E-state index contributed by atoms with van der Waals surface area (Å²) in [4.78, 5) is 42.5. The van der Waals surface area contributed by atoms with Crippen LogP contribution in [0.15, 0.2) is 78.5 Å². The number of rotatable bonds is 8. The van der Waals surface area contributed by atoms with E-state index in [1.165, 1.54) is 0 Å². The number of hydrogen-bond acceptors (Lipinski definition) is 9. The number of hydrogen-bond donors (Lipinski definition) is 3. The number of ether oxygens (including phenoxy) is 1. The van der Waals surface area contributed by atoms with Crippen LogP contribution in [0, 0.1) is 5.92 Å². The number of piperidine rings is 1. The maximum absolute atomic E-state index is 12.9. The van der Waals surface area contributed by atoms with E-state index in [2.05, 4.69) is 98.9 Å². The topological polar surface area (TPSA) is 129 Å². The molecule has 0 radical (unpaired) electrons. The predicted octanol–water partition coefficient (Wildman–Crippen LogP) is 7.51. The van der Waals surface area contributed by atoms with Crippen LogP contribution in [-0.4, -0.2) is 64.8 Å². The van der Waals surface area contributed by atoms with Crippen molar-refractivity contribution in [2.24, 2.45) is 5.92 Å². The molecule has 2 amide bonds. The lowest BCUT2D eigenvalue weighted by molar-refractivity contribution is -0.126. The number of benzene rings is 1. The number of aromatic nitrogens is 2. The minimum Gasteiger partial charge on any atom is -0.444 e. The fraction of sp³-hybridized carbons (Fsp3) is 0.488. The molecule has 2 aliphatic carbocycles. The Labute approximate surface area is 320 Å². The van der Waals surface area contributed by atoms with Crippen LogP contribution < -0.4 is 31.1 Å². The van der Waals surface area contributed by atoms with Gasteiger partial charge < -0.3 is 35.8 Å². The van der Waals surface area contributed by atoms with Gasteiger partial charge in [-0.2, -0.15) is 0 Å². The number of nitrogens with zero attached hydrogens (tertiary/aromatic N) is 5. The molecule has 7 rings (SSSR count). The van der Waals surface area contributed by atoms with Gasteiger partial charge in [-0.25, -0.2) is 14.8 Å². The van der Waals surface area contributed by atoms with E-state index in [-0.39, 0.29) is 30.1 Å².